The van der Waals surface area contributed by atoms with Crippen molar-refractivity contribution in [2.45, 2.75) is 43.7 Å². The largest absolute Gasteiger partial charge is 0.371 e. The molecule has 1 amide bonds. The lowest BCUT2D eigenvalue weighted by atomic mass is 10.0. The molecule has 0 saturated carbocycles. The van der Waals surface area contributed by atoms with Gasteiger partial charge >= 0.3 is 0 Å². The zero-order chi connectivity index (χ0) is 27.4. The zero-order valence-electron chi connectivity index (χ0n) is 21.8. The van der Waals surface area contributed by atoms with Gasteiger partial charge < -0.3 is 9.80 Å². The molecule has 0 unspecified atom stereocenters. The molecular formula is C30H31ClN4O3S. The maximum atomic E-state index is 13.6. The molecule has 1 fully saturated rings. The summed E-state index contributed by atoms with van der Waals surface area (Å²) in [5, 5.41) is 2.26. The topological polar surface area (TPSA) is 83.5 Å². The Labute approximate surface area is 234 Å². The predicted octanol–water partition coefficient (Wildman–Crippen LogP) is 5.45. The molecule has 7 nitrogen and oxygen atoms in total. The van der Waals surface area contributed by atoms with Crippen molar-refractivity contribution in [2.75, 3.05) is 23.7 Å². The van der Waals surface area contributed by atoms with E-state index in [2.05, 4.69) is 20.9 Å². The van der Waals surface area contributed by atoms with Crippen LogP contribution in [0.3, 0.4) is 0 Å². The summed E-state index contributed by atoms with van der Waals surface area (Å²) in [4.78, 5) is 26.6. The third kappa shape index (κ3) is 6.57. The van der Waals surface area contributed by atoms with Gasteiger partial charge in [0.05, 0.1) is 22.9 Å². The fourth-order valence-corrected chi connectivity index (χ4v) is 6.56. The minimum Gasteiger partial charge on any atom is -0.371 e. The fraction of sp³-hybridized carbons (Fsp3) is 0.300. The Kier molecular flexibility index (Phi) is 8.14. The molecule has 2 aromatic heterocycles. The number of piperidine rings is 1. The highest BCUT2D eigenvalue weighted by Crippen LogP contribution is 2.26. The first-order valence-corrected chi connectivity index (χ1v) is 15.1. The average molecular weight is 563 g/mol. The Bertz CT molecular complexity index is 1570. The summed E-state index contributed by atoms with van der Waals surface area (Å²) in [7, 11) is -3.65. The van der Waals surface area contributed by atoms with Gasteiger partial charge in [0.25, 0.3) is 0 Å². The van der Waals surface area contributed by atoms with E-state index in [1.807, 2.05) is 42.3 Å². The Balaban J connectivity index is 1.29. The van der Waals surface area contributed by atoms with E-state index in [-0.39, 0.29) is 29.0 Å². The number of carbonyl (C=O) groups is 1. The molecule has 1 aliphatic rings. The summed E-state index contributed by atoms with van der Waals surface area (Å²) >= 11 is 6.06. The van der Waals surface area contributed by atoms with E-state index < -0.39 is 9.84 Å². The van der Waals surface area contributed by atoms with Crippen LogP contribution in [0.1, 0.15) is 30.7 Å². The van der Waals surface area contributed by atoms with Crippen LogP contribution in [0.4, 0.5) is 5.69 Å². The van der Waals surface area contributed by atoms with Gasteiger partial charge in [-0.1, -0.05) is 29.8 Å². The maximum Gasteiger partial charge on any atom is 0.224 e. The molecular weight excluding hydrogens is 532 g/mol. The van der Waals surface area contributed by atoms with Crippen molar-refractivity contribution >= 4 is 43.8 Å². The number of aromatic nitrogens is 2. The summed E-state index contributed by atoms with van der Waals surface area (Å²) in [5.74, 6) is -0.422. The number of halogens is 1. The van der Waals surface area contributed by atoms with Crippen molar-refractivity contribution in [1.82, 2.24) is 14.9 Å². The molecule has 0 aliphatic carbocycles. The molecule has 0 spiro atoms. The molecule has 1 saturated heterocycles. The molecule has 3 heterocycles. The Morgan fingerprint density at radius 3 is 2.49 bits per heavy atom. The van der Waals surface area contributed by atoms with Gasteiger partial charge in [-0.3, -0.25) is 14.8 Å². The second-order valence-corrected chi connectivity index (χ2v) is 12.5. The van der Waals surface area contributed by atoms with Crippen LogP contribution in [-0.4, -0.2) is 54.1 Å². The first-order chi connectivity index (χ1) is 18.8. The molecule has 202 valence electrons. The Morgan fingerprint density at radius 1 is 0.974 bits per heavy atom. The third-order valence-corrected chi connectivity index (χ3v) is 9.20. The lowest BCUT2D eigenvalue weighted by molar-refractivity contribution is -0.134. The van der Waals surface area contributed by atoms with Gasteiger partial charge in [-0.25, -0.2) is 8.42 Å². The quantitative estimate of drug-likeness (QED) is 0.284. The molecule has 9 heteroatoms. The highest BCUT2D eigenvalue weighted by atomic mass is 35.5. The number of hydrogen-bond donors (Lipinski definition) is 0. The van der Waals surface area contributed by atoms with E-state index in [9.17, 15) is 13.2 Å². The van der Waals surface area contributed by atoms with Crippen molar-refractivity contribution in [3.8, 4) is 0 Å². The van der Waals surface area contributed by atoms with Crippen molar-refractivity contribution in [1.29, 1.82) is 0 Å². The molecule has 2 aromatic carbocycles. The Hall–Kier alpha value is -3.49. The van der Waals surface area contributed by atoms with Gasteiger partial charge in [-0.05, 0) is 79.1 Å². The third-order valence-electron chi connectivity index (χ3n) is 7.25. The molecule has 0 atom stereocenters. The lowest BCUT2D eigenvalue weighted by Crippen LogP contribution is -2.47. The van der Waals surface area contributed by atoms with Gasteiger partial charge in [0.1, 0.15) is 0 Å². The van der Waals surface area contributed by atoms with Crippen molar-refractivity contribution < 1.29 is 13.2 Å². The molecule has 1 aliphatic heterocycles. The van der Waals surface area contributed by atoms with Crippen LogP contribution in [0.5, 0.6) is 0 Å². The van der Waals surface area contributed by atoms with E-state index >= 15 is 0 Å². The average Bonchev–Trinajstić information content (AvgIpc) is 2.95. The van der Waals surface area contributed by atoms with Crippen molar-refractivity contribution in [3.05, 3.63) is 95.5 Å². The molecule has 5 rings (SSSR count). The monoisotopic (exact) mass is 562 g/mol. The summed E-state index contributed by atoms with van der Waals surface area (Å²) < 4.78 is 26.4. The molecule has 4 aromatic rings. The van der Waals surface area contributed by atoms with Crippen LogP contribution >= 0.6 is 11.6 Å². The maximum absolute atomic E-state index is 13.6. The number of amides is 1. The second-order valence-electron chi connectivity index (χ2n) is 9.94. The predicted molar refractivity (Wildman–Crippen MR) is 155 cm³/mol. The van der Waals surface area contributed by atoms with E-state index in [1.54, 1.807) is 42.6 Å². The number of anilines is 1. The van der Waals surface area contributed by atoms with Crippen molar-refractivity contribution in [2.24, 2.45) is 0 Å². The minimum atomic E-state index is -3.65. The van der Waals surface area contributed by atoms with Gasteiger partial charge in [0.2, 0.25) is 5.91 Å². The van der Waals surface area contributed by atoms with Crippen LogP contribution in [0.25, 0.3) is 10.8 Å². The number of aryl methyl sites for hydroxylation is 1. The molecule has 0 radical (unpaired) electrons. The Morgan fingerprint density at radius 2 is 1.74 bits per heavy atom. The molecule has 0 bridgehead atoms. The summed E-state index contributed by atoms with van der Waals surface area (Å²) in [5.41, 5.74) is 2.89. The number of carbonyl (C=O) groups excluding carboxylic acids is 1. The molecule has 39 heavy (non-hydrogen) atoms. The lowest BCUT2D eigenvalue weighted by Gasteiger charge is -2.39. The molecule has 0 N–H and O–H groups in total. The number of sulfone groups is 1. The summed E-state index contributed by atoms with van der Waals surface area (Å²) in [6, 6.07) is 20.0. The van der Waals surface area contributed by atoms with E-state index in [0.717, 1.165) is 53.8 Å². The fourth-order valence-electron chi connectivity index (χ4n) is 5.12. The number of rotatable bonds is 8. The minimum absolute atomic E-state index is 0.00631. The smallest absolute Gasteiger partial charge is 0.224 e. The van der Waals surface area contributed by atoms with Crippen LogP contribution < -0.4 is 4.90 Å². The zero-order valence-corrected chi connectivity index (χ0v) is 23.4. The van der Waals surface area contributed by atoms with Gasteiger partial charge in [-0.15, -0.1) is 0 Å². The van der Waals surface area contributed by atoms with Gasteiger partial charge in [0.15, 0.2) is 9.84 Å². The first kappa shape index (κ1) is 27.1. The number of benzene rings is 2. The van der Waals surface area contributed by atoms with Gasteiger partial charge in [0, 0.05) is 54.3 Å². The SMILES string of the molecule is Cc1cc(N2CCC(N(Cc3ccccn3)C(=O)CCS(=O)(=O)c3ccc4cc(Cl)ccc4c3)CC2)ccn1. The summed E-state index contributed by atoms with van der Waals surface area (Å²) in [6.45, 7) is 3.94. The number of pyridine rings is 2. The van der Waals surface area contributed by atoms with E-state index in [0.29, 0.717) is 11.6 Å². The van der Waals surface area contributed by atoms with Gasteiger partial charge in [-0.2, -0.15) is 0 Å². The highest BCUT2D eigenvalue weighted by Gasteiger charge is 2.29. The highest BCUT2D eigenvalue weighted by molar-refractivity contribution is 7.91. The normalized spacial score (nSPS) is 14.5. The van der Waals surface area contributed by atoms with Crippen LogP contribution in [0, 0.1) is 6.92 Å². The van der Waals surface area contributed by atoms with E-state index in [4.69, 9.17) is 11.6 Å². The number of hydrogen-bond acceptors (Lipinski definition) is 6. The van der Waals surface area contributed by atoms with E-state index in [1.165, 1.54) is 0 Å². The number of fused-ring (bicyclic) bond motifs is 1. The standard InChI is InChI=1S/C30H31ClN4O3S/c1-22-18-28(9-14-32-22)34-15-10-27(11-16-34)35(21-26-4-2-3-13-33-26)30(36)12-17-39(37,38)29-8-6-23-19-25(31)7-5-24(23)20-29/h2-9,13-14,18-20,27H,10-12,15-17,21H2,1H3. The van der Waals surface area contributed by atoms with Crippen LogP contribution in [0.15, 0.2) is 84.0 Å². The van der Waals surface area contributed by atoms with Crippen LogP contribution in [0.2, 0.25) is 5.02 Å². The summed E-state index contributed by atoms with van der Waals surface area (Å²) in [6.07, 6.45) is 5.03. The number of nitrogens with zero attached hydrogens (tertiary/aromatic N) is 4. The first-order valence-electron chi connectivity index (χ1n) is 13.1. The van der Waals surface area contributed by atoms with Crippen molar-refractivity contribution in [3.63, 3.8) is 0 Å². The second kappa shape index (κ2) is 11.7. The van der Waals surface area contributed by atoms with Crippen LogP contribution in [-0.2, 0) is 21.2 Å².